The summed E-state index contributed by atoms with van der Waals surface area (Å²) < 4.78 is 10.8. The fourth-order valence-electron chi connectivity index (χ4n) is 2.86. The summed E-state index contributed by atoms with van der Waals surface area (Å²) in [7, 11) is 1.37. The van der Waals surface area contributed by atoms with Crippen LogP contribution in [0.25, 0.3) is 0 Å². The van der Waals surface area contributed by atoms with Crippen molar-refractivity contribution in [3.05, 3.63) is 47.0 Å². The van der Waals surface area contributed by atoms with Crippen LogP contribution in [0.2, 0.25) is 0 Å². The van der Waals surface area contributed by atoms with Crippen molar-refractivity contribution >= 4 is 11.7 Å². The van der Waals surface area contributed by atoms with Crippen LogP contribution in [0.15, 0.2) is 30.3 Å². The van der Waals surface area contributed by atoms with Crippen LogP contribution in [0.1, 0.15) is 43.4 Å². The lowest BCUT2D eigenvalue weighted by Crippen LogP contribution is -2.27. The van der Waals surface area contributed by atoms with Crippen LogP contribution < -0.4 is 10.1 Å². The third-order valence-corrected chi connectivity index (χ3v) is 4.24. The highest BCUT2D eigenvalue weighted by Gasteiger charge is 2.15. The molecule has 26 heavy (non-hydrogen) atoms. The van der Waals surface area contributed by atoms with Gasteiger partial charge in [0.1, 0.15) is 23.3 Å². The van der Waals surface area contributed by atoms with Crippen molar-refractivity contribution in [3.8, 4) is 17.2 Å². The average Bonchev–Trinajstić information content (AvgIpc) is 2.58. The molecule has 0 aromatic heterocycles. The van der Waals surface area contributed by atoms with Crippen molar-refractivity contribution in [2.45, 2.75) is 46.6 Å². The maximum atomic E-state index is 11.6. The number of hydrogen-bond acceptors (Lipinski definition) is 5. The normalized spacial score (nSPS) is 12.0. The Labute approximate surface area is 155 Å². The molecule has 0 bridgehead atoms. The molecule has 1 unspecified atom stereocenters. The second kappa shape index (κ2) is 8.13. The fraction of sp³-hybridized carbons (Fsp3) is 0.381. The number of nitrogens with one attached hydrogen (secondary N) is 1. The van der Waals surface area contributed by atoms with Crippen molar-refractivity contribution in [1.82, 2.24) is 0 Å². The molecule has 2 aromatic rings. The van der Waals surface area contributed by atoms with E-state index in [0.717, 1.165) is 28.1 Å². The summed E-state index contributed by atoms with van der Waals surface area (Å²) in [4.78, 5) is 11.6. The first-order valence-corrected chi connectivity index (χ1v) is 8.69. The summed E-state index contributed by atoms with van der Waals surface area (Å²) in [6.07, 6.45) is 0. The largest absolute Gasteiger partial charge is 0.508 e. The number of anilines is 1. The Morgan fingerprint density at radius 1 is 1.08 bits per heavy atom. The Bertz CT molecular complexity index is 776. The van der Waals surface area contributed by atoms with E-state index in [1.54, 1.807) is 19.1 Å². The Hall–Kier alpha value is -2.69. The second-order valence-corrected chi connectivity index (χ2v) is 6.81. The smallest absolute Gasteiger partial charge is 0.327 e. The molecule has 0 saturated heterocycles. The Morgan fingerprint density at radius 2 is 1.69 bits per heavy atom. The molecular weight excluding hydrogens is 330 g/mol. The molecule has 0 saturated carbocycles. The van der Waals surface area contributed by atoms with E-state index in [1.807, 2.05) is 45.9 Å². The van der Waals surface area contributed by atoms with Gasteiger partial charge in [-0.2, -0.15) is 0 Å². The predicted molar refractivity (Wildman–Crippen MR) is 103 cm³/mol. The summed E-state index contributed by atoms with van der Waals surface area (Å²) in [5, 5.41) is 13.1. The first kappa shape index (κ1) is 19.6. The number of phenolic OH excluding ortho intramolecular Hbond substituents is 1. The molecule has 140 valence electrons. The minimum atomic E-state index is -0.434. The molecule has 0 radical (unpaired) electrons. The molecule has 2 aromatic carbocycles. The van der Waals surface area contributed by atoms with E-state index in [4.69, 9.17) is 9.47 Å². The summed E-state index contributed by atoms with van der Waals surface area (Å²) in [5.41, 5.74) is 3.58. The zero-order valence-corrected chi connectivity index (χ0v) is 16.2. The first-order chi connectivity index (χ1) is 12.2. The minimum Gasteiger partial charge on any atom is -0.508 e. The maximum Gasteiger partial charge on any atom is 0.327 e. The van der Waals surface area contributed by atoms with Crippen molar-refractivity contribution < 1.29 is 19.4 Å². The third kappa shape index (κ3) is 4.48. The number of rotatable bonds is 6. The molecule has 0 aliphatic rings. The molecule has 5 heteroatoms. The highest BCUT2D eigenvalue weighted by Crippen LogP contribution is 2.35. The second-order valence-electron chi connectivity index (χ2n) is 6.81. The monoisotopic (exact) mass is 357 g/mol. The van der Waals surface area contributed by atoms with E-state index >= 15 is 0 Å². The molecule has 0 fully saturated rings. The van der Waals surface area contributed by atoms with E-state index in [1.165, 1.54) is 7.11 Å². The molecule has 0 heterocycles. The lowest BCUT2D eigenvalue weighted by Gasteiger charge is -2.18. The number of esters is 1. The van der Waals surface area contributed by atoms with Crippen molar-refractivity contribution in [3.63, 3.8) is 0 Å². The summed E-state index contributed by atoms with van der Waals surface area (Å²) in [6.45, 7) is 9.72. The number of benzene rings is 2. The van der Waals surface area contributed by atoms with Gasteiger partial charge in [-0.05, 0) is 68.1 Å². The molecular formula is C21H27NO4. The van der Waals surface area contributed by atoms with Crippen molar-refractivity contribution in [2.24, 2.45) is 0 Å². The van der Waals surface area contributed by atoms with Crippen LogP contribution in [0, 0.1) is 13.8 Å². The molecule has 2 rings (SSSR count). The van der Waals surface area contributed by atoms with Crippen LogP contribution >= 0.6 is 0 Å². The third-order valence-electron chi connectivity index (χ3n) is 4.24. The molecule has 0 aliphatic heterocycles. The lowest BCUT2D eigenvalue weighted by molar-refractivity contribution is -0.141. The number of ether oxygens (including phenoxy) is 2. The SMILES string of the molecule is COC(=O)C(C)Nc1cc(C)c(Oc2ccc(O)c(C(C)C)c2)c(C)c1. The van der Waals surface area contributed by atoms with E-state index in [-0.39, 0.29) is 17.6 Å². The highest BCUT2D eigenvalue weighted by molar-refractivity contribution is 5.79. The zero-order valence-electron chi connectivity index (χ0n) is 16.2. The van der Waals surface area contributed by atoms with Crippen LogP contribution in [0.4, 0.5) is 5.69 Å². The van der Waals surface area contributed by atoms with Crippen LogP contribution in [0.3, 0.4) is 0 Å². The quantitative estimate of drug-likeness (QED) is 0.720. The average molecular weight is 357 g/mol. The van der Waals surface area contributed by atoms with E-state index in [9.17, 15) is 9.90 Å². The van der Waals surface area contributed by atoms with E-state index < -0.39 is 6.04 Å². The minimum absolute atomic E-state index is 0.201. The van der Waals surface area contributed by atoms with E-state index in [0.29, 0.717) is 5.75 Å². The van der Waals surface area contributed by atoms with Gasteiger partial charge in [0.15, 0.2) is 0 Å². The number of hydrogen-bond donors (Lipinski definition) is 2. The van der Waals surface area contributed by atoms with Gasteiger partial charge in [0.05, 0.1) is 7.11 Å². The number of carbonyl (C=O) groups excluding carboxylic acids is 1. The molecule has 1 atom stereocenters. The molecule has 0 aliphatic carbocycles. The zero-order chi connectivity index (χ0) is 19.4. The molecule has 2 N–H and O–H groups in total. The summed E-state index contributed by atoms with van der Waals surface area (Å²) in [6, 6.07) is 8.72. The van der Waals surface area contributed by atoms with Gasteiger partial charge in [-0.25, -0.2) is 4.79 Å². The number of carbonyl (C=O) groups is 1. The summed E-state index contributed by atoms with van der Waals surface area (Å²) in [5.74, 6) is 1.61. The predicted octanol–water partition coefficient (Wildman–Crippen LogP) is 4.90. The number of phenols is 1. The van der Waals surface area contributed by atoms with Gasteiger partial charge in [-0.15, -0.1) is 0 Å². The van der Waals surface area contributed by atoms with Gasteiger partial charge in [0.25, 0.3) is 0 Å². The number of aromatic hydroxyl groups is 1. The Kier molecular flexibility index (Phi) is 6.14. The summed E-state index contributed by atoms with van der Waals surface area (Å²) >= 11 is 0. The van der Waals surface area contributed by atoms with Crippen molar-refractivity contribution in [2.75, 3.05) is 12.4 Å². The van der Waals surface area contributed by atoms with Gasteiger partial charge >= 0.3 is 5.97 Å². The van der Waals surface area contributed by atoms with E-state index in [2.05, 4.69) is 5.32 Å². The van der Waals surface area contributed by atoms with Gasteiger partial charge in [-0.1, -0.05) is 13.8 Å². The topological polar surface area (TPSA) is 67.8 Å². The standard InChI is InChI=1S/C21H27NO4/c1-12(2)18-11-17(7-8-19(18)23)26-20-13(3)9-16(10-14(20)4)22-15(5)21(24)25-6/h7-12,15,22-23H,1-6H3. The van der Waals surface area contributed by atoms with Gasteiger partial charge in [0.2, 0.25) is 0 Å². The maximum absolute atomic E-state index is 11.6. The Balaban J connectivity index is 2.26. The molecule has 0 amide bonds. The first-order valence-electron chi connectivity index (χ1n) is 8.69. The van der Waals surface area contributed by atoms with Crippen LogP contribution in [-0.4, -0.2) is 24.2 Å². The number of aryl methyl sites for hydroxylation is 2. The molecule has 0 spiro atoms. The number of methoxy groups -OCH3 is 1. The van der Waals surface area contributed by atoms with Crippen LogP contribution in [-0.2, 0) is 9.53 Å². The lowest BCUT2D eigenvalue weighted by atomic mass is 10.0. The fourth-order valence-corrected chi connectivity index (χ4v) is 2.86. The van der Waals surface area contributed by atoms with Crippen molar-refractivity contribution in [1.29, 1.82) is 0 Å². The van der Waals surface area contributed by atoms with Gasteiger partial charge in [-0.3, -0.25) is 0 Å². The molecule has 5 nitrogen and oxygen atoms in total. The van der Waals surface area contributed by atoms with Gasteiger partial charge in [0, 0.05) is 11.3 Å². The van der Waals surface area contributed by atoms with Gasteiger partial charge < -0.3 is 19.9 Å². The van der Waals surface area contributed by atoms with Crippen LogP contribution in [0.5, 0.6) is 17.2 Å². The Morgan fingerprint density at radius 3 is 2.23 bits per heavy atom. The highest BCUT2D eigenvalue weighted by atomic mass is 16.5.